The van der Waals surface area contributed by atoms with Gasteiger partial charge in [-0.05, 0) is 24.7 Å². The van der Waals surface area contributed by atoms with Gasteiger partial charge in [-0.1, -0.05) is 13.8 Å². The first-order valence-electron chi connectivity index (χ1n) is 6.50. The Morgan fingerprint density at radius 3 is 2.83 bits per heavy atom. The van der Waals surface area contributed by atoms with Crippen molar-refractivity contribution in [3.63, 3.8) is 0 Å². The van der Waals surface area contributed by atoms with E-state index in [0.29, 0.717) is 11.1 Å². The zero-order chi connectivity index (χ0) is 13.2. The van der Waals surface area contributed by atoms with E-state index in [0.717, 1.165) is 18.2 Å². The summed E-state index contributed by atoms with van der Waals surface area (Å²) in [4.78, 5) is 17.4. The Hall–Kier alpha value is -1.10. The Kier molecular flexibility index (Phi) is 3.90. The van der Waals surface area contributed by atoms with Crippen molar-refractivity contribution in [1.82, 2.24) is 4.98 Å². The second-order valence-corrected chi connectivity index (χ2v) is 5.91. The molecule has 0 radical (unpaired) electrons. The van der Waals surface area contributed by atoms with Gasteiger partial charge in [0.1, 0.15) is 0 Å². The lowest BCUT2D eigenvalue weighted by molar-refractivity contribution is -0.136. The summed E-state index contributed by atoms with van der Waals surface area (Å²) in [5, 5.41) is 11.6. The number of anilines is 1. The summed E-state index contributed by atoms with van der Waals surface area (Å²) in [6.45, 7) is 6.61. The van der Waals surface area contributed by atoms with Gasteiger partial charge in [-0.25, -0.2) is 4.98 Å². The van der Waals surface area contributed by atoms with Gasteiger partial charge >= 0.3 is 5.97 Å². The van der Waals surface area contributed by atoms with E-state index in [-0.39, 0.29) is 6.42 Å². The van der Waals surface area contributed by atoms with Gasteiger partial charge in [0.2, 0.25) is 0 Å². The molecule has 18 heavy (non-hydrogen) atoms. The minimum absolute atomic E-state index is 0.0248. The largest absolute Gasteiger partial charge is 0.481 e. The van der Waals surface area contributed by atoms with Gasteiger partial charge in [-0.2, -0.15) is 0 Å². The maximum atomic E-state index is 10.6. The van der Waals surface area contributed by atoms with Crippen molar-refractivity contribution in [1.29, 1.82) is 0 Å². The standard InChI is InChI=1S/C13H20N2O2S/c1-3-13(4-2)5-6-15(9-13)12-14-10(8-18-12)7-11(16)17/h8H,3-7,9H2,1-2H3,(H,16,17). The Balaban J connectivity index is 2.05. The monoisotopic (exact) mass is 268 g/mol. The fourth-order valence-electron chi connectivity index (χ4n) is 2.60. The smallest absolute Gasteiger partial charge is 0.309 e. The minimum Gasteiger partial charge on any atom is -0.481 e. The number of carboxylic acid groups (broad SMARTS) is 1. The summed E-state index contributed by atoms with van der Waals surface area (Å²) in [6.07, 6.45) is 3.64. The van der Waals surface area contributed by atoms with Crippen molar-refractivity contribution in [2.45, 2.75) is 39.5 Å². The fourth-order valence-corrected chi connectivity index (χ4v) is 3.46. The first-order chi connectivity index (χ1) is 8.58. The highest BCUT2D eigenvalue weighted by Crippen LogP contribution is 2.39. The number of carboxylic acids is 1. The quantitative estimate of drug-likeness (QED) is 0.892. The molecule has 0 bridgehead atoms. The fraction of sp³-hybridized carbons (Fsp3) is 0.692. The molecule has 1 N–H and O–H groups in total. The van der Waals surface area contributed by atoms with Crippen molar-refractivity contribution in [3.05, 3.63) is 11.1 Å². The molecule has 0 atom stereocenters. The summed E-state index contributed by atoms with van der Waals surface area (Å²) < 4.78 is 0. The molecule has 1 aliphatic rings. The maximum Gasteiger partial charge on any atom is 0.309 e. The molecule has 4 nitrogen and oxygen atoms in total. The molecule has 1 fully saturated rings. The highest BCUT2D eigenvalue weighted by Gasteiger charge is 2.35. The molecule has 2 heterocycles. The summed E-state index contributed by atoms with van der Waals surface area (Å²) in [5.74, 6) is -0.815. The van der Waals surface area contributed by atoms with Gasteiger partial charge in [0.15, 0.2) is 5.13 Å². The molecule has 5 heteroatoms. The van der Waals surface area contributed by atoms with Crippen LogP contribution in [0.15, 0.2) is 5.38 Å². The molecule has 0 unspecified atom stereocenters. The lowest BCUT2D eigenvalue weighted by atomic mass is 9.82. The van der Waals surface area contributed by atoms with Crippen LogP contribution in [0.25, 0.3) is 0 Å². The SMILES string of the molecule is CCC1(CC)CCN(c2nc(CC(=O)O)cs2)C1. The molecule has 1 aliphatic heterocycles. The van der Waals surface area contributed by atoms with Gasteiger partial charge in [0.05, 0.1) is 12.1 Å². The highest BCUT2D eigenvalue weighted by molar-refractivity contribution is 7.13. The molecule has 100 valence electrons. The van der Waals surface area contributed by atoms with Crippen LogP contribution in [0, 0.1) is 5.41 Å². The van der Waals surface area contributed by atoms with E-state index >= 15 is 0 Å². The second-order valence-electron chi connectivity index (χ2n) is 5.07. The Morgan fingerprint density at radius 1 is 1.56 bits per heavy atom. The molecule has 1 aromatic heterocycles. The summed E-state index contributed by atoms with van der Waals surface area (Å²) >= 11 is 1.56. The molecular formula is C13H20N2O2S. The number of rotatable bonds is 5. The lowest BCUT2D eigenvalue weighted by Gasteiger charge is -2.26. The van der Waals surface area contributed by atoms with Crippen LogP contribution in [0.2, 0.25) is 0 Å². The van der Waals surface area contributed by atoms with E-state index in [1.807, 2.05) is 5.38 Å². The Labute approximate surface area is 112 Å². The van der Waals surface area contributed by atoms with E-state index in [1.54, 1.807) is 11.3 Å². The van der Waals surface area contributed by atoms with Crippen LogP contribution in [0.3, 0.4) is 0 Å². The van der Waals surface area contributed by atoms with E-state index in [9.17, 15) is 4.79 Å². The molecular weight excluding hydrogens is 248 g/mol. The molecule has 0 saturated carbocycles. The summed E-state index contributed by atoms with van der Waals surface area (Å²) in [6, 6.07) is 0. The molecule has 0 aromatic carbocycles. The zero-order valence-corrected chi connectivity index (χ0v) is 11.8. The summed E-state index contributed by atoms with van der Waals surface area (Å²) in [7, 11) is 0. The lowest BCUT2D eigenvalue weighted by Crippen LogP contribution is -2.26. The molecule has 0 spiro atoms. The highest BCUT2D eigenvalue weighted by atomic mass is 32.1. The van der Waals surface area contributed by atoms with Crippen LogP contribution >= 0.6 is 11.3 Å². The van der Waals surface area contributed by atoms with Crippen molar-refractivity contribution in [3.8, 4) is 0 Å². The van der Waals surface area contributed by atoms with Crippen LogP contribution in [0.1, 0.15) is 38.8 Å². The van der Waals surface area contributed by atoms with Crippen molar-refractivity contribution in [2.24, 2.45) is 5.41 Å². The van der Waals surface area contributed by atoms with Crippen LogP contribution in [-0.2, 0) is 11.2 Å². The number of nitrogens with zero attached hydrogens (tertiary/aromatic N) is 2. The predicted molar refractivity (Wildman–Crippen MR) is 73.3 cm³/mol. The Morgan fingerprint density at radius 2 is 2.28 bits per heavy atom. The van der Waals surface area contributed by atoms with E-state index in [4.69, 9.17) is 5.11 Å². The normalized spacial score (nSPS) is 18.2. The number of thiazole rings is 1. The molecule has 0 amide bonds. The van der Waals surface area contributed by atoms with Crippen LogP contribution < -0.4 is 4.90 Å². The minimum atomic E-state index is -0.815. The third kappa shape index (κ3) is 2.66. The zero-order valence-electron chi connectivity index (χ0n) is 11.0. The topological polar surface area (TPSA) is 53.4 Å². The van der Waals surface area contributed by atoms with Crippen LogP contribution in [0.4, 0.5) is 5.13 Å². The number of hydrogen-bond acceptors (Lipinski definition) is 4. The van der Waals surface area contributed by atoms with E-state index in [1.165, 1.54) is 19.3 Å². The average molecular weight is 268 g/mol. The summed E-state index contributed by atoms with van der Waals surface area (Å²) in [5.41, 5.74) is 1.10. The average Bonchev–Trinajstić information content (AvgIpc) is 2.95. The van der Waals surface area contributed by atoms with Gasteiger partial charge in [0.25, 0.3) is 0 Å². The second kappa shape index (κ2) is 5.26. The first kappa shape index (κ1) is 13.3. The molecule has 0 aliphatic carbocycles. The van der Waals surface area contributed by atoms with E-state index in [2.05, 4.69) is 23.7 Å². The van der Waals surface area contributed by atoms with Crippen LogP contribution in [0.5, 0.6) is 0 Å². The van der Waals surface area contributed by atoms with Gasteiger partial charge < -0.3 is 10.0 Å². The Bertz CT molecular complexity index is 426. The number of aliphatic carboxylic acids is 1. The predicted octanol–water partition coefficient (Wildman–Crippen LogP) is 2.79. The molecule has 2 rings (SSSR count). The van der Waals surface area contributed by atoms with E-state index < -0.39 is 5.97 Å². The van der Waals surface area contributed by atoms with Gasteiger partial charge in [-0.15, -0.1) is 11.3 Å². The van der Waals surface area contributed by atoms with Gasteiger partial charge in [-0.3, -0.25) is 4.79 Å². The van der Waals surface area contributed by atoms with Crippen molar-refractivity contribution < 1.29 is 9.90 Å². The molecule has 1 aromatic rings. The third-order valence-corrected chi connectivity index (χ3v) is 5.03. The number of hydrogen-bond donors (Lipinski definition) is 1. The number of carbonyl (C=O) groups is 1. The number of aromatic nitrogens is 1. The van der Waals surface area contributed by atoms with Crippen molar-refractivity contribution in [2.75, 3.05) is 18.0 Å². The van der Waals surface area contributed by atoms with Crippen molar-refractivity contribution >= 4 is 22.4 Å². The maximum absolute atomic E-state index is 10.6. The van der Waals surface area contributed by atoms with Gasteiger partial charge in [0, 0.05) is 18.5 Å². The first-order valence-corrected chi connectivity index (χ1v) is 7.37. The molecule has 1 saturated heterocycles. The van der Waals surface area contributed by atoms with Crippen LogP contribution in [-0.4, -0.2) is 29.1 Å². The third-order valence-electron chi connectivity index (χ3n) is 4.08.